The van der Waals surface area contributed by atoms with Crippen molar-refractivity contribution in [2.45, 2.75) is 12.8 Å². The summed E-state index contributed by atoms with van der Waals surface area (Å²) in [5.74, 6) is 0.432. The van der Waals surface area contributed by atoms with Crippen molar-refractivity contribution in [1.82, 2.24) is 20.1 Å². The molecule has 2 amide bonds. The Morgan fingerprint density at radius 1 is 0.960 bits per heavy atom. The number of fused-ring (bicyclic) bond motifs is 1. The van der Waals surface area contributed by atoms with Crippen molar-refractivity contribution >= 4 is 22.7 Å². The van der Waals surface area contributed by atoms with Crippen LogP contribution in [0.3, 0.4) is 0 Å². The normalized spacial score (nSPS) is 19.4. The zero-order chi connectivity index (χ0) is 17.2. The van der Waals surface area contributed by atoms with Gasteiger partial charge in [0.1, 0.15) is 5.69 Å². The maximum atomic E-state index is 12.7. The minimum Gasteiger partial charge on any atom is -0.351 e. The van der Waals surface area contributed by atoms with E-state index in [-0.39, 0.29) is 17.7 Å². The lowest BCUT2D eigenvalue weighted by Gasteiger charge is -2.37. The van der Waals surface area contributed by atoms with Crippen LogP contribution in [0.15, 0.2) is 30.3 Å². The summed E-state index contributed by atoms with van der Waals surface area (Å²) < 4.78 is 0. The van der Waals surface area contributed by atoms with Gasteiger partial charge in [-0.2, -0.15) is 0 Å². The number of nitrogens with zero attached hydrogens (tertiary/aromatic N) is 2. The average molecular weight is 340 g/mol. The summed E-state index contributed by atoms with van der Waals surface area (Å²) in [4.78, 5) is 32.3. The van der Waals surface area contributed by atoms with Crippen LogP contribution in [0, 0.1) is 5.92 Å². The SMILES string of the molecule is O=C(c1cc2ccccc2[nH]1)N1CCN(C(=O)C2CCNCC2)CC1. The summed E-state index contributed by atoms with van der Waals surface area (Å²) >= 11 is 0. The summed E-state index contributed by atoms with van der Waals surface area (Å²) in [7, 11) is 0. The van der Waals surface area contributed by atoms with Crippen LogP contribution in [-0.4, -0.2) is 65.9 Å². The van der Waals surface area contributed by atoms with Gasteiger partial charge in [-0.05, 0) is 38.1 Å². The molecular formula is C19H24N4O2. The Kier molecular flexibility index (Phi) is 4.44. The number of carbonyl (C=O) groups excluding carboxylic acids is 2. The molecule has 0 spiro atoms. The molecule has 0 atom stereocenters. The van der Waals surface area contributed by atoms with E-state index in [1.54, 1.807) is 0 Å². The average Bonchev–Trinajstić information content (AvgIpc) is 3.12. The molecule has 0 bridgehead atoms. The van der Waals surface area contributed by atoms with Crippen molar-refractivity contribution < 1.29 is 9.59 Å². The summed E-state index contributed by atoms with van der Waals surface area (Å²) in [5, 5.41) is 4.34. The van der Waals surface area contributed by atoms with Crippen molar-refractivity contribution in [3.8, 4) is 0 Å². The number of hydrogen-bond acceptors (Lipinski definition) is 3. The Hall–Kier alpha value is -2.34. The van der Waals surface area contributed by atoms with Gasteiger partial charge in [0.15, 0.2) is 0 Å². The maximum Gasteiger partial charge on any atom is 0.270 e. The third-order valence-corrected chi connectivity index (χ3v) is 5.33. The summed E-state index contributed by atoms with van der Waals surface area (Å²) in [6, 6.07) is 9.80. The van der Waals surface area contributed by atoms with Gasteiger partial charge in [-0.25, -0.2) is 0 Å². The van der Waals surface area contributed by atoms with Crippen molar-refractivity contribution in [2.24, 2.45) is 5.92 Å². The smallest absolute Gasteiger partial charge is 0.270 e. The Balaban J connectivity index is 1.37. The van der Waals surface area contributed by atoms with Crippen LogP contribution in [-0.2, 0) is 4.79 Å². The van der Waals surface area contributed by atoms with Crippen molar-refractivity contribution in [3.63, 3.8) is 0 Å². The molecule has 0 saturated carbocycles. The van der Waals surface area contributed by atoms with E-state index < -0.39 is 0 Å². The van der Waals surface area contributed by atoms with E-state index in [2.05, 4.69) is 10.3 Å². The largest absolute Gasteiger partial charge is 0.351 e. The Bertz CT molecular complexity index is 738. The standard InChI is InChI=1S/C19H24N4O2/c24-18(14-5-7-20-8-6-14)22-9-11-23(12-10-22)19(25)17-13-15-3-1-2-4-16(15)21-17/h1-4,13-14,20-21H,5-12H2. The highest BCUT2D eigenvalue weighted by Crippen LogP contribution is 2.19. The zero-order valence-electron chi connectivity index (χ0n) is 14.3. The lowest BCUT2D eigenvalue weighted by atomic mass is 9.96. The number of amides is 2. The highest BCUT2D eigenvalue weighted by molar-refractivity contribution is 5.98. The number of hydrogen-bond donors (Lipinski definition) is 2. The number of aromatic amines is 1. The van der Waals surface area contributed by atoms with Gasteiger partial charge in [0.25, 0.3) is 5.91 Å². The van der Waals surface area contributed by atoms with Gasteiger partial charge in [-0.1, -0.05) is 18.2 Å². The highest BCUT2D eigenvalue weighted by atomic mass is 16.2. The van der Waals surface area contributed by atoms with E-state index in [0.717, 1.165) is 36.8 Å². The van der Waals surface area contributed by atoms with Gasteiger partial charge >= 0.3 is 0 Å². The molecular weight excluding hydrogens is 316 g/mol. The molecule has 25 heavy (non-hydrogen) atoms. The minimum atomic E-state index is 0.0187. The first-order valence-corrected chi connectivity index (χ1v) is 9.09. The molecule has 2 fully saturated rings. The fourth-order valence-corrected chi connectivity index (χ4v) is 3.82. The molecule has 2 aliphatic rings. The van der Waals surface area contributed by atoms with Crippen molar-refractivity contribution in [3.05, 3.63) is 36.0 Å². The number of para-hydroxylation sites is 1. The maximum absolute atomic E-state index is 12.7. The molecule has 132 valence electrons. The van der Waals surface area contributed by atoms with Crippen LogP contribution >= 0.6 is 0 Å². The molecule has 6 nitrogen and oxygen atoms in total. The zero-order valence-corrected chi connectivity index (χ0v) is 14.3. The van der Waals surface area contributed by atoms with Crippen LogP contribution in [0.1, 0.15) is 23.3 Å². The molecule has 4 rings (SSSR count). The molecule has 0 radical (unpaired) electrons. The van der Waals surface area contributed by atoms with Crippen LogP contribution in [0.5, 0.6) is 0 Å². The first kappa shape index (κ1) is 16.1. The Labute approximate surface area is 147 Å². The van der Waals surface area contributed by atoms with Crippen LogP contribution < -0.4 is 5.32 Å². The second-order valence-corrected chi connectivity index (χ2v) is 6.91. The lowest BCUT2D eigenvalue weighted by Crippen LogP contribution is -2.52. The molecule has 2 aromatic rings. The predicted octanol–water partition coefficient (Wildman–Crippen LogP) is 1.45. The number of rotatable bonds is 2. The predicted molar refractivity (Wildman–Crippen MR) is 96.4 cm³/mol. The summed E-state index contributed by atoms with van der Waals surface area (Å²) in [5.41, 5.74) is 1.60. The van der Waals surface area contributed by atoms with Gasteiger partial charge in [-0.3, -0.25) is 9.59 Å². The molecule has 2 aliphatic heterocycles. The molecule has 2 N–H and O–H groups in total. The monoisotopic (exact) mass is 340 g/mol. The first-order valence-electron chi connectivity index (χ1n) is 9.09. The minimum absolute atomic E-state index is 0.0187. The van der Waals surface area contributed by atoms with Crippen molar-refractivity contribution in [2.75, 3.05) is 39.3 Å². The molecule has 0 aliphatic carbocycles. The van der Waals surface area contributed by atoms with Crippen molar-refractivity contribution in [1.29, 1.82) is 0 Å². The second kappa shape index (κ2) is 6.88. The number of piperidine rings is 1. The molecule has 1 aromatic carbocycles. The van der Waals surface area contributed by atoms with E-state index in [9.17, 15) is 9.59 Å². The number of aromatic nitrogens is 1. The van der Waals surface area contributed by atoms with Gasteiger partial charge < -0.3 is 20.1 Å². The quantitative estimate of drug-likeness (QED) is 0.869. The number of H-pyrrole nitrogens is 1. The topological polar surface area (TPSA) is 68.4 Å². The van der Waals surface area contributed by atoms with Gasteiger partial charge in [-0.15, -0.1) is 0 Å². The van der Waals surface area contributed by atoms with Crippen LogP contribution in [0.4, 0.5) is 0 Å². The number of benzene rings is 1. The second-order valence-electron chi connectivity index (χ2n) is 6.91. The molecule has 3 heterocycles. The number of nitrogens with one attached hydrogen (secondary N) is 2. The molecule has 6 heteroatoms. The highest BCUT2D eigenvalue weighted by Gasteiger charge is 2.30. The van der Waals surface area contributed by atoms with E-state index in [4.69, 9.17) is 0 Å². The lowest BCUT2D eigenvalue weighted by molar-refractivity contribution is -0.137. The number of carbonyl (C=O) groups is 2. The van der Waals surface area contributed by atoms with E-state index >= 15 is 0 Å². The van der Waals surface area contributed by atoms with E-state index in [1.807, 2.05) is 40.1 Å². The van der Waals surface area contributed by atoms with Gasteiger partial charge in [0, 0.05) is 43.0 Å². The molecule has 0 unspecified atom stereocenters. The number of piperazine rings is 1. The summed E-state index contributed by atoms with van der Waals surface area (Å²) in [6.07, 6.45) is 1.85. The molecule has 2 saturated heterocycles. The first-order chi connectivity index (χ1) is 12.2. The van der Waals surface area contributed by atoms with Crippen LogP contribution in [0.2, 0.25) is 0 Å². The third-order valence-electron chi connectivity index (χ3n) is 5.33. The summed E-state index contributed by atoms with van der Waals surface area (Å²) in [6.45, 7) is 4.32. The van der Waals surface area contributed by atoms with Gasteiger partial charge in [0.05, 0.1) is 0 Å². The fraction of sp³-hybridized carbons (Fsp3) is 0.474. The Morgan fingerprint density at radius 3 is 2.36 bits per heavy atom. The van der Waals surface area contributed by atoms with E-state index in [0.29, 0.717) is 31.9 Å². The third kappa shape index (κ3) is 3.26. The van der Waals surface area contributed by atoms with E-state index in [1.165, 1.54) is 0 Å². The Morgan fingerprint density at radius 2 is 1.64 bits per heavy atom. The van der Waals surface area contributed by atoms with Gasteiger partial charge in [0.2, 0.25) is 5.91 Å². The van der Waals surface area contributed by atoms with Crippen LogP contribution in [0.25, 0.3) is 10.9 Å². The fourth-order valence-electron chi connectivity index (χ4n) is 3.82. The molecule has 1 aromatic heterocycles.